The number of nitrogens with two attached hydrogens (primary N) is 1. The summed E-state index contributed by atoms with van der Waals surface area (Å²) in [6.45, 7) is 0. The SMILES string of the molecule is N#CCc1cc(N)cc(C(F)(F)F)c1. The number of alkyl halides is 3. The molecule has 0 aliphatic heterocycles. The smallest absolute Gasteiger partial charge is 0.399 e. The third kappa shape index (κ3) is 2.39. The third-order valence-electron chi connectivity index (χ3n) is 1.63. The Labute approximate surface area is 78.8 Å². The molecule has 74 valence electrons. The van der Waals surface area contributed by atoms with Crippen LogP contribution < -0.4 is 5.73 Å². The van der Waals surface area contributed by atoms with Crippen molar-refractivity contribution in [1.29, 1.82) is 5.26 Å². The van der Waals surface area contributed by atoms with E-state index in [-0.39, 0.29) is 17.7 Å². The first-order chi connectivity index (χ1) is 6.43. The monoisotopic (exact) mass is 200 g/mol. The molecule has 0 aromatic heterocycles. The summed E-state index contributed by atoms with van der Waals surface area (Å²) in [6, 6.07) is 4.90. The molecule has 0 amide bonds. The average molecular weight is 200 g/mol. The first kappa shape index (κ1) is 10.4. The van der Waals surface area contributed by atoms with Gasteiger partial charge in [0.25, 0.3) is 0 Å². The molecular weight excluding hydrogens is 193 g/mol. The highest BCUT2D eigenvalue weighted by Gasteiger charge is 2.30. The van der Waals surface area contributed by atoms with Crippen LogP contribution in [-0.4, -0.2) is 0 Å². The molecule has 0 aliphatic carbocycles. The molecular formula is C9H7F3N2. The first-order valence-corrected chi connectivity index (χ1v) is 3.77. The topological polar surface area (TPSA) is 49.8 Å². The zero-order valence-corrected chi connectivity index (χ0v) is 7.10. The van der Waals surface area contributed by atoms with Crippen molar-refractivity contribution in [2.24, 2.45) is 0 Å². The quantitative estimate of drug-likeness (QED) is 0.707. The molecule has 0 bridgehead atoms. The molecule has 0 unspecified atom stereocenters. The van der Waals surface area contributed by atoms with E-state index < -0.39 is 11.7 Å². The van der Waals surface area contributed by atoms with E-state index in [9.17, 15) is 13.2 Å². The summed E-state index contributed by atoms with van der Waals surface area (Å²) >= 11 is 0. The number of halogens is 3. The van der Waals surface area contributed by atoms with Gasteiger partial charge in [-0.25, -0.2) is 0 Å². The lowest BCUT2D eigenvalue weighted by molar-refractivity contribution is -0.137. The fourth-order valence-corrected chi connectivity index (χ4v) is 1.08. The molecule has 0 atom stereocenters. The lowest BCUT2D eigenvalue weighted by Crippen LogP contribution is -2.06. The molecule has 1 aromatic carbocycles. The van der Waals surface area contributed by atoms with Gasteiger partial charge in [-0.2, -0.15) is 18.4 Å². The minimum absolute atomic E-state index is 0.0186. The van der Waals surface area contributed by atoms with Crippen LogP contribution in [0.15, 0.2) is 18.2 Å². The Kier molecular flexibility index (Phi) is 2.65. The Morgan fingerprint density at radius 3 is 2.43 bits per heavy atom. The van der Waals surface area contributed by atoms with Crippen LogP contribution in [0.5, 0.6) is 0 Å². The second-order valence-electron chi connectivity index (χ2n) is 2.80. The predicted molar refractivity (Wildman–Crippen MR) is 45.2 cm³/mol. The van der Waals surface area contributed by atoms with Crippen molar-refractivity contribution in [2.45, 2.75) is 12.6 Å². The molecule has 0 saturated carbocycles. The summed E-state index contributed by atoms with van der Waals surface area (Å²) in [7, 11) is 0. The van der Waals surface area contributed by atoms with Crippen molar-refractivity contribution < 1.29 is 13.2 Å². The normalized spacial score (nSPS) is 11.0. The Bertz CT molecular complexity index is 377. The van der Waals surface area contributed by atoms with Crippen molar-refractivity contribution >= 4 is 5.69 Å². The summed E-state index contributed by atoms with van der Waals surface area (Å²) in [5, 5.41) is 8.33. The van der Waals surface area contributed by atoms with Gasteiger partial charge in [-0.05, 0) is 23.8 Å². The number of nitrogen functional groups attached to an aromatic ring is 1. The maximum absolute atomic E-state index is 12.2. The summed E-state index contributed by atoms with van der Waals surface area (Å²) in [5.74, 6) is 0. The minimum Gasteiger partial charge on any atom is -0.399 e. The largest absolute Gasteiger partial charge is 0.416 e. The number of rotatable bonds is 1. The Balaban J connectivity index is 3.15. The standard InChI is InChI=1S/C9H7F3N2/c10-9(11,12)7-3-6(1-2-13)4-8(14)5-7/h3-5H,1,14H2. The summed E-state index contributed by atoms with van der Waals surface area (Å²) < 4.78 is 36.7. The van der Waals surface area contributed by atoms with Gasteiger partial charge in [0.2, 0.25) is 0 Å². The van der Waals surface area contributed by atoms with Gasteiger partial charge >= 0.3 is 6.18 Å². The maximum atomic E-state index is 12.2. The summed E-state index contributed by atoms with van der Waals surface area (Å²) in [5.41, 5.74) is 4.76. The van der Waals surface area contributed by atoms with E-state index in [0.717, 1.165) is 12.1 Å². The van der Waals surface area contributed by atoms with Gasteiger partial charge in [-0.3, -0.25) is 0 Å². The molecule has 14 heavy (non-hydrogen) atoms. The predicted octanol–water partition coefficient (Wildman–Crippen LogP) is 2.35. The Morgan fingerprint density at radius 2 is 1.93 bits per heavy atom. The third-order valence-corrected chi connectivity index (χ3v) is 1.63. The van der Waals surface area contributed by atoms with Crippen LogP contribution in [-0.2, 0) is 12.6 Å². The first-order valence-electron chi connectivity index (χ1n) is 3.77. The van der Waals surface area contributed by atoms with Crippen LogP contribution in [0.3, 0.4) is 0 Å². The molecule has 0 aliphatic rings. The van der Waals surface area contributed by atoms with E-state index >= 15 is 0 Å². The summed E-state index contributed by atoms with van der Waals surface area (Å²) in [4.78, 5) is 0. The van der Waals surface area contributed by atoms with Crippen molar-refractivity contribution in [1.82, 2.24) is 0 Å². The molecule has 0 heterocycles. The van der Waals surface area contributed by atoms with E-state index in [4.69, 9.17) is 11.0 Å². The number of hydrogen-bond donors (Lipinski definition) is 1. The maximum Gasteiger partial charge on any atom is 0.416 e. The van der Waals surface area contributed by atoms with Gasteiger partial charge in [0.15, 0.2) is 0 Å². The number of nitrogens with zero attached hydrogens (tertiary/aromatic N) is 1. The van der Waals surface area contributed by atoms with Crippen LogP contribution in [0.1, 0.15) is 11.1 Å². The van der Waals surface area contributed by atoms with Crippen LogP contribution in [0.4, 0.5) is 18.9 Å². The zero-order chi connectivity index (χ0) is 10.8. The Morgan fingerprint density at radius 1 is 1.29 bits per heavy atom. The molecule has 5 heteroatoms. The van der Waals surface area contributed by atoms with E-state index in [2.05, 4.69) is 0 Å². The van der Waals surface area contributed by atoms with Gasteiger partial charge < -0.3 is 5.73 Å². The van der Waals surface area contributed by atoms with Crippen molar-refractivity contribution in [3.05, 3.63) is 29.3 Å². The lowest BCUT2D eigenvalue weighted by Gasteiger charge is -2.08. The average Bonchev–Trinajstić information content (AvgIpc) is 2.02. The van der Waals surface area contributed by atoms with Crippen molar-refractivity contribution in [3.63, 3.8) is 0 Å². The van der Waals surface area contributed by atoms with Gasteiger partial charge in [-0.15, -0.1) is 0 Å². The van der Waals surface area contributed by atoms with E-state index in [1.165, 1.54) is 6.07 Å². The molecule has 0 radical (unpaired) electrons. The van der Waals surface area contributed by atoms with E-state index in [1.807, 2.05) is 0 Å². The van der Waals surface area contributed by atoms with Crippen LogP contribution >= 0.6 is 0 Å². The van der Waals surface area contributed by atoms with E-state index in [1.54, 1.807) is 6.07 Å². The molecule has 1 rings (SSSR count). The number of nitriles is 1. The zero-order valence-electron chi connectivity index (χ0n) is 7.10. The number of hydrogen-bond acceptors (Lipinski definition) is 2. The molecule has 1 aromatic rings. The minimum atomic E-state index is -4.42. The highest BCUT2D eigenvalue weighted by Crippen LogP contribution is 2.31. The van der Waals surface area contributed by atoms with Crippen LogP contribution in [0.2, 0.25) is 0 Å². The van der Waals surface area contributed by atoms with Crippen LogP contribution in [0.25, 0.3) is 0 Å². The Hall–Kier alpha value is -1.70. The second-order valence-corrected chi connectivity index (χ2v) is 2.80. The van der Waals surface area contributed by atoms with Gasteiger partial charge in [0.1, 0.15) is 0 Å². The molecule has 2 N–H and O–H groups in total. The fraction of sp³-hybridized carbons (Fsp3) is 0.222. The van der Waals surface area contributed by atoms with Gasteiger partial charge in [-0.1, -0.05) is 0 Å². The van der Waals surface area contributed by atoms with E-state index in [0.29, 0.717) is 0 Å². The van der Waals surface area contributed by atoms with Gasteiger partial charge in [0, 0.05) is 5.69 Å². The molecule has 0 fully saturated rings. The fourth-order valence-electron chi connectivity index (χ4n) is 1.08. The molecule has 0 saturated heterocycles. The van der Waals surface area contributed by atoms with Crippen molar-refractivity contribution in [2.75, 3.05) is 5.73 Å². The molecule has 2 nitrogen and oxygen atoms in total. The lowest BCUT2D eigenvalue weighted by atomic mass is 10.1. The number of anilines is 1. The van der Waals surface area contributed by atoms with Crippen LogP contribution in [0, 0.1) is 11.3 Å². The molecule has 0 spiro atoms. The highest BCUT2D eigenvalue weighted by molar-refractivity contribution is 5.46. The summed E-state index contributed by atoms with van der Waals surface area (Å²) in [6.07, 6.45) is -4.49. The number of benzene rings is 1. The highest BCUT2D eigenvalue weighted by atomic mass is 19.4. The second kappa shape index (κ2) is 3.58. The van der Waals surface area contributed by atoms with Gasteiger partial charge in [0.05, 0.1) is 18.1 Å². The van der Waals surface area contributed by atoms with Crippen molar-refractivity contribution in [3.8, 4) is 6.07 Å².